The van der Waals surface area contributed by atoms with E-state index in [1.165, 1.54) is 0 Å². The molecule has 0 aliphatic carbocycles. The lowest BCUT2D eigenvalue weighted by atomic mass is 10.00. The molecule has 1 saturated heterocycles. The largest absolute Gasteiger partial charge is 0.319 e. The van der Waals surface area contributed by atoms with E-state index in [-0.39, 0.29) is 12.4 Å². The predicted octanol–water partition coefficient (Wildman–Crippen LogP) is 2.04. The summed E-state index contributed by atoms with van der Waals surface area (Å²) in [5, 5.41) is 3.14. The molecule has 1 unspecified atom stereocenters. The molecule has 1 aliphatic rings. The fraction of sp³-hybridized carbons (Fsp3) is 0.571. The zero-order valence-corrected chi connectivity index (χ0v) is 13.6. The van der Waals surface area contributed by atoms with Gasteiger partial charge in [0.1, 0.15) is 0 Å². The van der Waals surface area contributed by atoms with Crippen molar-refractivity contribution in [2.75, 3.05) is 26.7 Å². The lowest BCUT2D eigenvalue weighted by Gasteiger charge is -2.32. The molecule has 0 aromatic heterocycles. The average Bonchev–Trinajstić information content (AvgIpc) is 2.40. The number of sulfonamides is 1. The molecule has 1 N–H and O–H groups in total. The summed E-state index contributed by atoms with van der Waals surface area (Å²) >= 11 is 0. The lowest BCUT2D eigenvalue weighted by Crippen LogP contribution is -2.42. The molecule has 1 aliphatic heterocycles. The molecule has 1 atom stereocenters. The second kappa shape index (κ2) is 7.41. The van der Waals surface area contributed by atoms with Crippen LogP contribution in [-0.2, 0) is 10.0 Å². The number of aryl methyl sites for hydroxylation is 1. The standard InChI is InChI=1S/C14H22N2O2S.ClH/c1-12-6-3-4-8-14(12)19(17,18)16-9-5-7-13(11-16)10-15-2;/h3-4,6,8,13,15H,5,7,9-11H2,1-2H3;1H. The third-order valence-electron chi connectivity index (χ3n) is 3.69. The fourth-order valence-electron chi connectivity index (χ4n) is 2.69. The van der Waals surface area contributed by atoms with Crippen LogP contribution in [-0.4, -0.2) is 39.4 Å². The van der Waals surface area contributed by atoms with Gasteiger partial charge in [-0.2, -0.15) is 4.31 Å². The van der Waals surface area contributed by atoms with Gasteiger partial charge < -0.3 is 5.32 Å². The van der Waals surface area contributed by atoms with Gasteiger partial charge in [0, 0.05) is 13.1 Å². The van der Waals surface area contributed by atoms with E-state index in [0.717, 1.165) is 24.9 Å². The van der Waals surface area contributed by atoms with Crippen molar-refractivity contribution in [3.05, 3.63) is 29.8 Å². The van der Waals surface area contributed by atoms with Crippen LogP contribution in [0.5, 0.6) is 0 Å². The first-order valence-electron chi connectivity index (χ1n) is 6.76. The highest BCUT2D eigenvalue weighted by atomic mass is 35.5. The number of halogens is 1. The molecule has 0 saturated carbocycles. The monoisotopic (exact) mass is 318 g/mol. The quantitative estimate of drug-likeness (QED) is 0.924. The van der Waals surface area contributed by atoms with E-state index in [0.29, 0.717) is 23.9 Å². The molecule has 6 heteroatoms. The number of hydrogen-bond donors (Lipinski definition) is 1. The zero-order chi connectivity index (χ0) is 13.9. The van der Waals surface area contributed by atoms with E-state index >= 15 is 0 Å². The number of nitrogens with zero attached hydrogens (tertiary/aromatic N) is 1. The van der Waals surface area contributed by atoms with Gasteiger partial charge in [0.2, 0.25) is 10.0 Å². The van der Waals surface area contributed by atoms with E-state index in [1.807, 2.05) is 26.1 Å². The van der Waals surface area contributed by atoms with Gasteiger partial charge in [0.15, 0.2) is 0 Å². The highest BCUT2D eigenvalue weighted by Gasteiger charge is 2.30. The van der Waals surface area contributed by atoms with Crippen LogP contribution in [0.2, 0.25) is 0 Å². The van der Waals surface area contributed by atoms with Crippen LogP contribution in [0.15, 0.2) is 29.2 Å². The minimum atomic E-state index is -3.34. The molecule has 20 heavy (non-hydrogen) atoms. The summed E-state index contributed by atoms with van der Waals surface area (Å²) in [6.45, 7) is 3.98. The molecule has 114 valence electrons. The summed E-state index contributed by atoms with van der Waals surface area (Å²) in [5.74, 6) is 0.414. The Bertz CT molecular complexity index is 532. The van der Waals surface area contributed by atoms with Crippen molar-refractivity contribution in [2.24, 2.45) is 5.92 Å². The van der Waals surface area contributed by atoms with Gasteiger partial charge in [-0.05, 0) is 50.9 Å². The topological polar surface area (TPSA) is 49.4 Å². The van der Waals surface area contributed by atoms with Gasteiger partial charge in [0.25, 0.3) is 0 Å². The van der Waals surface area contributed by atoms with Crippen LogP contribution < -0.4 is 5.32 Å². The van der Waals surface area contributed by atoms with Crippen molar-refractivity contribution >= 4 is 22.4 Å². The Morgan fingerprint density at radius 3 is 2.70 bits per heavy atom. The predicted molar refractivity (Wildman–Crippen MR) is 83.8 cm³/mol. The molecule has 0 spiro atoms. The highest BCUT2D eigenvalue weighted by Crippen LogP contribution is 2.25. The maximum Gasteiger partial charge on any atom is 0.243 e. The van der Waals surface area contributed by atoms with Gasteiger partial charge in [0.05, 0.1) is 4.90 Å². The van der Waals surface area contributed by atoms with Crippen molar-refractivity contribution in [3.8, 4) is 0 Å². The second-order valence-electron chi connectivity index (χ2n) is 5.19. The van der Waals surface area contributed by atoms with E-state index in [2.05, 4.69) is 5.32 Å². The summed E-state index contributed by atoms with van der Waals surface area (Å²) in [4.78, 5) is 0.445. The summed E-state index contributed by atoms with van der Waals surface area (Å²) in [6.07, 6.45) is 2.04. The minimum Gasteiger partial charge on any atom is -0.319 e. The highest BCUT2D eigenvalue weighted by molar-refractivity contribution is 7.89. The average molecular weight is 319 g/mol. The molecule has 4 nitrogen and oxygen atoms in total. The van der Waals surface area contributed by atoms with E-state index in [4.69, 9.17) is 0 Å². The van der Waals surface area contributed by atoms with Gasteiger partial charge in [-0.1, -0.05) is 18.2 Å². The Balaban J connectivity index is 0.00000200. The Kier molecular flexibility index (Phi) is 6.45. The van der Waals surface area contributed by atoms with E-state index in [1.54, 1.807) is 16.4 Å². The molecular weight excluding hydrogens is 296 g/mol. The third kappa shape index (κ3) is 3.73. The third-order valence-corrected chi connectivity index (χ3v) is 5.71. The van der Waals surface area contributed by atoms with Crippen molar-refractivity contribution in [3.63, 3.8) is 0 Å². The van der Waals surface area contributed by atoms with E-state index < -0.39 is 10.0 Å². The van der Waals surface area contributed by atoms with Gasteiger partial charge in [-0.25, -0.2) is 8.42 Å². The molecule has 1 aromatic carbocycles. The molecule has 1 aromatic rings. The smallest absolute Gasteiger partial charge is 0.243 e. The zero-order valence-electron chi connectivity index (χ0n) is 12.0. The van der Waals surface area contributed by atoms with Crippen LogP contribution in [0.1, 0.15) is 18.4 Å². The molecule has 0 amide bonds. The Morgan fingerprint density at radius 1 is 1.35 bits per heavy atom. The van der Waals surface area contributed by atoms with Gasteiger partial charge >= 0.3 is 0 Å². The lowest BCUT2D eigenvalue weighted by molar-refractivity contribution is 0.263. The minimum absolute atomic E-state index is 0. The van der Waals surface area contributed by atoms with Gasteiger partial charge in [-0.3, -0.25) is 0 Å². The Morgan fingerprint density at radius 2 is 2.05 bits per heavy atom. The first-order chi connectivity index (χ1) is 9.05. The van der Waals surface area contributed by atoms with Crippen molar-refractivity contribution < 1.29 is 8.42 Å². The van der Waals surface area contributed by atoms with Crippen molar-refractivity contribution in [1.82, 2.24) is 9.62 Å². The maximum absolute atomic E-state index is 12.7. The van der Waals surface area contributed by atoms with E-state index in [9.17, 15) is 8.42 Å². The van der Waals surface area contributed by atoms with Crippen LogP contribution in [0.25, 0.3) is 0 Å². The number of piperidine rings is 1. The summed E-state index contributed by atoms with van der Waals surface area (Å²) in [5.41, 5.74) is 0.818. The maximum atomic E-state index is 12.7. The number of nitrogens with one attached hydrogen (secondary N) is 1. The Hall–Kier alpha value is -0.620. The Labute approximate surface area is 128 Å². The van der Waals surface area contributed by atoms with Gasteiger partial charge in [-0.15, -0.1) is 12.4 Å². The van der Waals surface area contributed by atoms with Crippen LogP contribution >= 0.6 is 12.4 Å². The molecule has 1 fully saturated rings. The molecule has 0 radical (unpaired) electrons. The summed E-state index contributed by atoms with van der Waals surface area (Å²) < 4.78 is 27.0. The first kappa shape index (κ1) is 17.4. The van der Waals surface area contributed by atoms with Crippen molar-refractivity contribution in [2.45, 2.75) is 24.7 Å². The fourth-order valence-corrected chi connectivity index (χ4v) is 4.47. The van der Waals surface area contributed by atoms with Crippen molar-refractivity contribution in [1.29, 1.82) is 0 Å². The van der Waals surface area contributed by atoms with Crippen LogP contribution in [0.3, 0.4) is 0 Å². The summed E-state index contributed by atoms with van der Waals surface area (Å²) in [7, 11) is -1.43. The molecule has 1 heterocycles. The first-order valence-corrected chi connectivity index (χ1v) is 8.20. The molecule has 0 bridgehead atoms. The normalized spacial score (nSPS) is 20.4. The molecular formula is C14H23ClN2O2S. The van der Waals surface area contributed by atoms with Crippen LogP contribution in [0.4, 0.5) is 0 Å². The SMILES string of the molecule is CNCC1CCCN(S(=O)(=O)c2ccccc2C)C1.Cl. The number of hydrogen-bond acceptors (Lipinski definition) is 3. The second-order valence-corrected chi connectivity index (χ2v) is 7.10. The molecule has 2 rings (SSSR count). The summed E-state index contributed by atoms with van der Waals surface area (Å²) in [6, 6.07) is 7.21. The van der Waals surface area contributed by atoms with Crippen LogP contribution in [0, 0.1) is 12.8 Å². The number of rotatable bonds is 4. The number of benzene rings is 1.